The summed E-state index contributed by atoms with van der Waals surface area (Å²) in [6, 6.07) is 8.69. The van der Waals surface area contributed by atoms with Crippen LogP contribution in [0.1, 0.15) is 56.8 Å². The molecule has 0 saturated carbocycles. The maximum absolute atomic E-state index is 13.1. The normalized spacial score (nSPS) is 18.7. The van der Waals surface area contributed by atoms with E-state index in [0.29, 0.717) is 24.4 Å². The Morgan fingerprint density at radius 2 is 1.76 bits per heavy atom. The lowest BCUT2D eigenvalue weighted by Gasteiger charge is -2.37. The van der Waals surface area contributed by atoms with Crippen molar-refractivity contribution in [3.8, 4) is 0 Å². The van der Waals surface area contributed by atoms with Gasteiger partial charge in [-0.2, -0.15) is 0 Å². The number of benzene rings is 1. The van der Waals surface area contributed by atoms with Gasteiger partial charge in [0.2, 0.25) is 5.79 Å². The molecule has 1 aromatic rings. The third-order valence-corrected chi connectivity index (χ3v) is 5.16. The summed E-state index contributed by atoms with van der Waals surface area (Å²) >= 11 is 0. The maximum atomic E-state index is 13.1. The number of ether oxygens (including phenoxy) is 1. The number of rotatable bonds is 11. The molecular formula is C24H31NO4. The van der Waals surface area contributed by atoms with Gasteiger partial charge >= 0.3 is 0 Å². The number of likely N-dealkylation sites (N-methyl/N-ethyl adjacent to an activating group) is 1. The molecule has 0 amide bonds. The zero-order chi connectivity index (χ0) is 21.3. The monoisotopic (exact) mass is 397 g/mol. The largest absolute Gasteiger partial charge is 0.371 e. The summed E-state index contributed by atoms with van der Waals surface area (Å²) in [6.45, 7) is 7.58. The average molecular weight is 398 g/mol. The molecule has 1 N–H and O–H groups in total. The summed E-state index contributed by atoms with van der Waals surface area (Å²) in [7, 11) is 0. The summed E-state index contributed by atoms with van der Waals surface area (Å²) in [5.41, 5.74) is 0.953. The first kappa shape index (κ1) is 22.8. The summed E-state index contributed by atoms with van der Waals surface area (Å²) in [5, 5.41) is 11.5. The predicted molar refractivity (Wildman–Crippen MR) is 114 cm³/mol. The Hall–Kier alpha value is -2.46. The lowest BCUT2D eigenvalue weighted by Crippen LogP contribution is -2.45. The number of hydrogen-bond acceptors (Lipinski definition) is 5. The first-order chi connectivity index (χ1) is 14.0. The molecular weight excluding hydrogens is 366 g/mol. The minimum absolute atomic E-state index is 0.0356. The SMILES string of the molecule is CCCCCCOC1(O)C(=C=O)C(N(CC)CC)=CC=C1C(=O)c1ccccc1. The molecule has 1 aliphatic rings. The molecule has 0 bridgehead atoms. The van der Waals surface area contributed by atoms with E-state index in [0.717, 1.165) is 25.7 Å². The van der Waals surface area contributed by atoms with E-state index >= 15 is 0 Å². The van der Waals surface area contributed by atoms with Gasteiger partial charge in [-0.1, -0.05) is 56.5 Å². The van der Waals surface area contributed by atoms with Gasteiger partial charge < -0.3 is 14.7 Å². The smallest absolute Gasteiger partial charge is 0.236 e. The third-order valence-electron chi connectivity index (χ3n) is 5.16. The van der Waals surface area contributed by atoms with E-state index in [1.54, 1.807) is 36.4 Å². The summed E-state index contributed by atoms with van der Waals surface area (Å²) in [4.78, 5) is 27.0. The van der Waals surface area contributed by atoms with Crippen molar-refractivity contribution in [2.45, 2.75) is 52.2 Å². The second-order valence-corrected chi connectivity index (χ2v) is 7.03. The van der Waals surface area contributed by atoms with E-state index in [1.807, 2.05) is 30.8 Å². The second kappa shape index (κ2) is 10.9. The zero-order valence-electron chi connectivity index (χ0n) is 17.6. The van der Waals surface area contributed by atoms with Crippen LogP contribution >= 0.6 is 0 Å². The van der Waals surface area contributed by atoms with Crippen LogP contribution in [-0.2, 0) is 9.53 Å². The molecule has 0 fully saturated rings. The number of hydrogen-bond donors (Lipinski definition) is 1. The fourth-order valence-electron chi connectivity index (χ4n) is 3.49. The summed E-state index contributed by atoms with van der Waals surface area (Å²) in [5.74, 6) is -0.618. The highest BCUT2D eigenvalue weighted by Crippen LogP contribution is 2.37. The van der Waals surface area contributed by atoms with E-state index in [2.05, 4.69) is 6.92 Å². The van der Waals surface area contributed by atoms with Gasteiger partial charge in [-0.25, -0.2) is 4.79 Å². The predicted octanol–water partition coefficient (Wildman–Crippen LogP) is 4.08. The Morgan fingerprint density at radius 3 is 2.34 bits per heavy atom. The minimum atomic E-state index is -2.12. The Kier molecular flexibility index (Phi) is 8.59. The Labute approximate surface area is 173 Å². The zero-order valence-corrected chi connectivity index (χ0v) is 17.6. The molecule has 2 rings (SSSR count). The van der Waals surface area contributed by atoms with Gasteiger partial charge in [-0.3, -0.25) is 4.79 Å². The molecule has 1 atom stereocenters. The van der Waals surface area contributed by atoms with Crippen molar-refractivity contribution in [1.82, 2.24) is 4.90 Å². The average Bonchev–Trinajstić information content (AvgIpc) is 2.75. The Morgan fingerprint density at radius 1 is 1.07 bits per heavy atom. The first-order valence-electron chi connectivity index (χ1n) is 10.4. The van der Waals surface area contributed by atoms with Crippen LogP contribution in [0.15, 0.2) is 59.3 Å². The van der Waals surface area contributed by atoms with Gasteiger partial charge in [0.05, 0.1) is 17.9 Å². The second-order valence-electron chi connectivity index (χ2n) is 7.03. The topological polar surface area (TPSA) is 66.8 Å². The van der Waals surface area contributed by atoms with Crippen molar-refractivity contribution in [2.75, 3.05) is 19.7 Å². The number of carbonyl (C=O) groups excluding carboxylic acids is 2. The highest BCUT2D eigenvalue weighted by Gasteiger charge is 2.46. The third kappa shape index (κ3) is 5.13. The van der Waals surface area contributed by atoms with Crippen LogP contribution < -0.4 is 0 Å². The Balaban J connectivity index is 2.45. The number of aliphatic hydroxyl groups is 1. The molecule has 1 aromatic carbocycles. The van der Waals surface area contributed by atoms with E-state index in [9.17, 15) is 14.7 Å². The van der Waals surface area contributed by atoms with Crippen LogP contribution in [0.25, 0.3) is 0 Å². The number of carbonyl (C=O) groups is 1. The van der Waals surface area contributed by atoms with Crippen molar-refractivity contribution < 1.29 is 19.4 Å². The molecule has 5 heteroatoms. The number of Topliss-reactive ketones (excluding diaryl/α,β-unsaturated/α-hetero) is 1. The van der Waals surface area contributed by atoms with E-state index in [1.165, 1.54) is 0 Å². The highest BCUT2D eigenvalue weighted by atomic mass is 16.6. The summed E-state index contributed by atoms with van der Waals surface area (Å²) in [6.07, 6.45) is 7.09. The standard InChI is InChI=1S/C24H31NO4/c1-4-7-8-12-17-29-24(28)20(23(27)19-13-10-9-11-14-19)15-16-22(21(24)18-26)25(5-2)6-3/h9-11,13-16,28H,4-8,12,17H2,1-3H3. The molecule has 29 heavy (non-hydrogen) atoms. The lowest BCUT2D eigenvalue weighted by atomic mass is 9.85. The first-order valence-corrected chi connectivity index (χ1v) is 10.4. The molecule has 0 saturated heterocycles. The maximum Gasteiger partial charge on any atom is 0.236 e. The molecule has 1 aliphatic carbocycles. The molecule has 5 nitrogen and oxygen atoms in total. The summed E-state index contributed by atoms with van der Waals surface area (Å²) < 4.78 is 5.84. The van der Waals surface area contributed by atoms with Crippen molar-refractivity contribution >= 4 is 11.7 Å². The van der Waals surface area contributed by atoms with Crippen LogP contribution in [0, 0.1) is 0 Å². The fraction of sp³-hybridized carbons (Fsp3) is 0.458. The Bertz CT molecular complexity index is 801. The molecule has 0 aliphatic heterocycles. The van der Waals surface area contributed by atoms with E-state index in [-0.39, 0.29) is 23.5 Å². The van der Waals surface area contributed by atoms with Crippen molar-refractivity contribution in [2.24, 2.45) is 0 Å². The molecule has 0 heterocycles. The quantitative estimate of drug-likeness (QED) is 0.264. The number of unbranched alkanes of at least 4 members (excludes halogenated alkanes) is 3. The van der Waals surface area contributed by atoms with E-state index in [4.69, 9.17) is 4.74 Å². The van der Waals surface area contributed by atoms with Gasteiger partial charge in [0, 0.05) is 18.7 Å². The van der Waals surface area contributed by atoms with Crippen molar-refractivity contribution in [1.29, 1.82) is 0 Å². The van der Waals surface area contributed by atoms with Crippen molar-refractivity contribution in [3.63, 3.8) is 0 Å². The minimum Gasteiger partial charge on any atom is -0.371 e. The van der Waals surface area contributed by atoms with Gasteiger partial charge in [0.1, 0.15) is 11.5 Å². The van der Waals surface area contributed by atoms with Crippen LogP contribution in [-0.4, -0.2) is 47.2 Å². The molecule has 0 radical (unpaired) electrons. The van der Waals surface area contributed by atoms with Crippen LogP contribution in [0.2, 0.25) is 0 Å². The highest BCUT2D eigenvalue weighted by molar-refractivity contribution is 6.11. The van der Waals surface area contributed by atoms with Gasteiger partial charge in [0.15, 0.2) is 5.78 Å². The van der Waals surface area contributed by atoms with Crippen molar-refractivity contribution in [3.05, 3.63) is 64.9 Å². The van der Waals surface area contributed by atoms with E-state index < -0.39 is 5.79 Å². The number of allylic oxidation sites excluding steroid dienone is 2. The molecule has 1 unspecified atom stereocenters. The van der Waals surface area contributed by atoms with Gasteiger partial charge in [-0.15, -0.1) is 0 Å². The van der Waals surface area contributed by atoms with Crippen LogP contribution in [0.5, 0.6) is 0 Å². The van der Waals surface area contributed by atoms with Gasteiger partial charge in [-0.05, 0) is 32.4 Å². The molecule has 0 aromatic heterocycles. The van der Waals surface area contributed by atoms with Crippen LogP contribution in [0.3, 0.4) is 0 Å². The lowest BCUT2D eigenvalue weighted by molar-refractivity contribution is -0.144. The number of nitrogens with zero attached hydrogens (tertiary/aromatic N) is 1. The fourth-order valence-corrected chi connectivity index (χ4v) is 3.49. The molecule has 156 valence electrons. The number of ketones is 1. The molecule has 0 spiro atoms. The van der Waals surface area contributed by atoms with Crippen LogP contribution in [0.4, 0.5) is 0 Å². The van der Waals surface area contributed by atoms with Gasteiger partial charge in [0.25, 0.3) is 0 Å².